The van der Waals surface area contributed by atoms with Crippen LogP contribution < -0.4 is 4.74 Å². The third-order valence-electron chi connectivity index (χ3n) is 2.36. The zero-order valence-electron chi connectivity index (χ0n) is 11.8. The van der Waals surface area contributed by atoms with Crippen LogP contribution in [0.2, 0.25) is 0 Å². The van der Waals surface area contributed by atoms with Crippen LogP contribution in [0.15, 0.2) is 24.3 Å². The first kappa shape index (κ1) is 16.8. The molecule has 0 saturated carbocycles. The van der Waals surface area contributed by atoms with Crippen LogP contribution in [0.25, 0.3) is 0 Å². The second kappa shape index (κ2) is 10.5. The van der Waals surface area contributed by atoms with Gasteiger partial charge in [-0.05, 0) is 17.7 Å². The maximum Gasteiger partial charge on any atom is 0.315 e. The van der Waals surface area contributed by atoms with E-state index in [1.165, 1.54) is 18.9 Å². The smallest absolute Gasteiger partial charge is 0.315 e. The van der Waals surface area contributed by atoms with Gasteiger partial charge in [0.2, 0.25) is 0 Å². The molecule has 0 atom stereocenters. The maximum atomic E-state index is 11.0. The molecule has 0 aliphatic heterocycles. The van der Waals surface area contributed by atoms with Crippen LogP contribution in [-0.2, 0) is 24.8 Å². The van der Waals surface area contributed by atoms with Crippen LogP contribution in [-0.4, -0.2) is 45.9 Å². The summed E-state index contributed by atoms with van der Waals surface area (Å²) in [4.78, 5) is 11.0. The number of carbonyl (C=O) groups is 1. The van der Waals surface area contributed by atoms with Gasteiger partial charge in [0, 0.05) is 12.9 Å². The lowest BCUT2D eigenvalue weighted by molar-refractivity contribution is -0.137. The lowest BCUT2D eigenvalue weighted by Gasteiger charge is -2.08. The Kier molecular flexibility index (Phi) is 8.86. The van der Waals surface area contributed by atoms with Crippen molar-refractivity contribution in [3.8, 4) is 5.75 Å². The number of thioether (sulfide) groups is 1. The van der Waals surface area contributed by atoms with E-state index in [1.54, 1.807) is 7.11 Å². The number of hydrogen-bond acceptors (Lipinski definition) is 6. The monoisotopic (exact) mass is 300 g/mol. The molecule has 0 aromatic heterocycles. The maximum absolute atomic E-state index is 11.0. The lowest BCUT2D eigenvalue weighted by atomic mass is 10.2. The van der Waals surface area contributed by atoms with Crippen LogP contribution in [0.5, 0.6) is 5.75 Å². The van der Waals surface area contributed by atoms with Crippen molar-refractivity contribution in [3.63, 3.8) is 0 Å². The fourth-order valence-electron chi connectivity index (χ4n) is 1.35. The van der Waals surface area contributed by atoms with Gasteiger partial charge in [-0.3, -0.25) is 4.79 Å². The second-order valence-corrected chi connectivity index (χ2v) is 4.87. The van der Waals surface area contributed by atoms with Crippen LogP contribution in [0, 0.1) is 0 Å². The minimum atomic E-state index is -0.214. The van der Waals surface area contributed by atoms with Crippen LogP contribution in [0.3, 0.4) is 0 Å². The van der Waals surface area contributed by atoms with Gasteiger partial charge in [-0.2, -0.15) is 0 Å². The van der Waals surface area contributed by atoms with Crippen molar-refractivity contribution in [3.05, 3.63) is 29.8 Å². The first-order valence-electron chi connectivity index (χ1n) is 6.19. The Bertz CT molecular complexity index is 397. The molecular formula is C14H20O5S. The van der Waals surface area contributed by atoms with Gasteiger partial charge in [-0.15, -0.1) is 11.8 Å². The Balaban J connectivity index is 2.28. The SMILES string of the molecule is COCCOCOc1cccc(CSCC(=O)OC)c1. The van der Waals surface area contributed by atoms with Gasteiger partial charge < -0.3 is 18.9 Å². The summed E-state index contributed by atoms with van der Waals surface area (Å²) in [5.41, 5.74) is 1.09. The molecule has 0 spiro atoms. The number of methoxy groups -OCH3 is 2. The summed E-state index contributed by atoms with van der Waals surface area (Å²) in [5.74, 6) is 1.62. The molecule has 1 aromatic rings. The molecule has 5 nitrogen and oxygen atoms in total. The first-order chi connectivity index (χ1) is 9.76. The minimum absolute atomic E-state index is 0.197. The number of esters is 1. The molecule has 0 unspecified atom stereocenters. The summed E-state index contributed by atoms with van der Waals surface area (Å²) in [6.07, 6.45) is 0. The van der Waals surface area contributed by atoms with E-state index in [0.29, 0.717) is 19.0 Å². The molecule has 0 N–H and O–H groups in total. The molecule has 112 valence electrons. The minimum Gasteiger partial charge on any atom is -0.468 e. The molecule has 0 aliphatic carbocycles. The number of hydrogen-bond donors (Lipinski definition) is 0. The largest absolute Gasteiger partial charge is 0.468 e. The van der Waals surface area contributed by atoms with Crippen molar-refractivity contribution in [2.75, 3.05) is 40.0 Å². The van der Waals surface area contributed by atoms with Gasteiger partial charge in [0.1, 0.15) is 5.75 Å². The van der Waals surface area contributed by atoms with Crippen molar-refractivity contribution >= 4 is 17.7 Å². The summed E-state index contributed by atoms with van der Waals surface area (Å²) >= 11 is 1.50. The van der Waals surface area contributed by atoms with E-state index in [-0.39, 0.29) is 12.8 Å². The van der Waals surface area contributed by atoms with Crippen molar-refractivity contribution < 1.29 is 23.7 Å². The van der Waals surface area contributed by atoms with Gasteiger partial charge in [0.25, 0.3) is 0 Å². The van der Waals surface area contributed by atoms with Gasteiger partial charge in [-0.1, -0.05) is 12.1 Å². The Morgan fingerprint density at radius 1 is 1.25 bits per heavy atom. The molecule has 0 saturated heterocycles. The number of rotatable bonds is 10. The third-order valence-corrected chi connectivity index (χ3v) is 3.33. The van der Waals surface area contributed by atoms with E-state index >= 15 is 0 Å². The third kappa shape index (κ3) is 7.37. The highest BCUT2D eigenvalue weighted by Crippen LogP contribution is 2.18. The van der Waals surface area contributed by atoms with E-state index in [1.807, 2.05) is 24.3 Å². The molecule has 0 radical (unpaired) electrons. The molecular weight excluding hydrogens is 280 g/mol. The summed E-state index contributed by atoms with van der Waals surface area (Å²) in [6, 6.07) is 7.71. The molecule has 0 amide bonds. The average molecular weight is 300 g/mol. The molecule has 0 aliphatic rings. The Labute approximate surface area is 123 Å². The number of ether oxygens (including phenoxy) is 4. The van der Waals surface area contributed by atoms with Gasteiger partial charge >= 0.3 is 5.97 Å². The average Bonchev–Trinajstić information content (AvgIpc) is 2.47. The van der Waals surface area contributed by atoms with E-state index in [4.69, 9.17) is 14.2 Å². The first-order valence-corrected chi connectivity index (χ1v) is 7.34. The van der Waals surface area contributed by atoms with E-state index < -0.39 is 0 Å². The Hall–Kier alpha value is -1.24. The molecule has 6 heteroatoms. The van der Waals surface area contributed by atoms with Crippen molar-refractivity contribution in [2.45, 2.75) is 5.75 Å². The topological polar surface area (TPSA) is 54.0 Å². The summed E-state index contributed by atoms with van der Waals surface area (Å²) in [6.45, 7) is 1.25. The van der Waals surface area contributed by atoms with Crippen molar-refractivity contribution in [2.24, 2.45) is 0 Å². The number of carbonyl (C=O) groups excluding carboxylic acids is 1. The molecule has 20 heavy (non-hydrogen) atoms. The van der Waals surface area contributed by atoms with E-state index in [0.717, 1.165) is 17.1 Å². The van der Waals surface area contributed by atoms with Crippen LogP contribution in [0.4, 0.5) is 0 Å². The quantitative estimate of drug-likeness (QED) is 0.375. The predicted octanol–water partition coefficient (Wildman–Crippen LogP) is 2.09. The summed E-state index contributed by atoms with van der Waals surface area (Å²) in [5, 5.41) is 0. The van der Waals surface area contributed by atoms with E-state index in [9.17, 15) is 4.79 Å². The molecule has 0 fully saturated rings. The van der Waals surface area contributed by atoms with Gasteiger partial charge in [-0.25, -0.2) is 0 Å². The predicted molar refractivity (Wildman–Crippen MR) is 77.9 cm³/mol. The van der Waals surface area contributed by atoms with Crippen LogP contribution in [0.1, 0.15) is 5.56 Å². The van der Waals surface area contributed by atoms with Gasteiger partial charge in [0.15, 0.2) is 6.79 Å². The highest BCUT2D eigenvalue weighted by atomic mass is 32.2. The van der Waals surface area contributed by atoms with E-state index in [2.05, 4.69) is 4.74 Å². The highest BCUT2D eigenvalue weighted by Gasteiger charge is 2.02. The fourth-order valence-corrected chi connectivity index (χ4v) is 2.15. The zero-order valence-corrected chi connectivity index (χ0v) is 12.6. The zero-order chi connectivity index (χ0) is 14.6. The van der Waals surface area contributed by atoms with Crippen molar-refractivity contribution in [1.82, 2.24) is 0 Å². The van der Waals surface area contributed by atoms with Crippen molar-refractivity contribution in [1.29, 1.82) is 0 Å². The Morgan fingerprint density at radius 2 is 2.10 bits per heavy atom. The Morgan fingerprint density at radius 3 is 2.85 bits per heavy atom. The highest BCUT2D eigenvalue weighted by molar-refractivity contribution is 7.99. The van der Waals surface area contributed by atoms with Crippen LogP contribution >= 0.6 is 11.8 Å². The standard InChI is InChI=1S/C14H20O5S/c1-16-6-7-18-11-19-13-5-3-4-12(8-13)9-20-10-14(15)17-2/h3-5,8H,6-7,9-11H2,1-2H3. The second-order valence-electron chi connectivity index (χ2n) is 3.88. The fraction of sp³-hybridized carbons (Fsp3) is 0.500. The molecule has 1 rings (SSSR count). The normalized spacial score (nSPS) is 10.3. The molecule has 1 aromatic carbocycles. The molecule has 0 bridgehead atoms. The van der Waals surface area contributed by atoms with Gasteiger partial charge in [0.05, 0.1) is 26.1 Å². The lowest BCUT2D eigenvalue weighted by Crippen LogP contribution is -2.07. The summed E-state index contributed by atoms with van der Waals surface area (Å²) in [7, 11) is 3.01. The number of benzene rings is 1. The summed E-state index contributed by atoms with van der Waals surface area (Å²) < 4.78 is 20.1. The molecule has 0 heterocycles.